The monoisotopic (exact) mass is 281 g/mol. The molecular formula is C12H19N5O3. The molecule has 110 valence electrons. The van der Waals surface area contributed by atoms with Gasteiger partial charge in [-0.1, -0.05) is 12.8 Å². The lowest BCUT2D eigenvalue weighted by Gasteiger charge is -2.12. The molecule has 8 heteroatoms. The van der Waals surface area contributed by atoms with Gasteiger partial charge in [0.25, 0.3) is 5.69 Å². The van der Waals surface area contributed by atoms with Crippen molar-refractivity contribution in [1.29, 1.82) is 0 Å². The van der Waals surface area contributed by atoms with Crippen molar-refractivity contribution >= 4 is 17.3 Å². The summed E-state index contributed by atoms with van der Waals surface area (Å²) in [6.45, 7) is 1.11. The van der Waals surface area contributed by atoms with Crippen molar-refractivity contribution in [3.8, 4) is 0 Å². The summed E-state index contributed by atoms with van der Waals surface area (Å²) in [5.74, 6) is 5.89. The SMILES string of the molecule is NNc1cc([N+](=O)[O-])cc(NCCOC2CCCC2)n1. The first-order chi connectivity index (χ1) is 9.69. The molecule has 2 rings (SSSR count). The first-order valence-electron chi connectivity index (χ1n) is 6.67. The lowest BCUT2D eigenvalue weighted by Crippen LogP contribution is -2.16. The van der Waals surface area contributed by atoms with Crippen molar-refractivity contribution < 1.29 is 9.66 Å². The van der Waals surface area contributed by atoms with Gasteiger partial charge in [-0.25, -0.2) is 10.8 Å². The molecule has 0 aromatic carbocycles. The lowest BCUT2D eigenvalue weighted by atomic mass is 10.3. The Hall–Kier alpha value is -1.93. The second-order valence-corrected chi connectivity index (χ2v) is 4.70. The third-order valence-electron chi connectivity index (χ3n) is 3.23. The van der Waals surface area contributed by atoms with Gasteiger partial charge in [0.05, 0.1) is 29.8 Å². The fourth-order valence-corrected chi connectivity index (χ4v) is 2.25. The van der Waals surface area contributed by atoms with E-state index in [-0.39, 0.29) is 11.5 Å². The molecule has 0 aliphatic heterocycles. The molecule has 4 N–H and O–H groups in total. The summed E-state index contributed by atoms with van der Waals surface area (Å²) in [6.07, 6.45) is 5.06. The molecule has 8 nitrogen and oxygen atoms in total. The van der Waals surface area contributed by atoms with E-state index in [1.807, 2.05) is 0 Å². The minimum atomic E-state index is -0.483. The molecular weight excluding hydrogens is 262 g/mol. The zero-order valence-corrected chi connectivity index (χ0v) is 11.2. The Balaban J connectivity index is 1.84. The van der Waals surface area contributed by atoms with Gasteiger partial charge in [0.15, 0.2) is 0 Å². The summed E-state index contributed by atoms with van der Waals surface area (Å²) in [5.41, 5.74) is 2.25. The number of ether oxygens (including phenoxy) is 1. The third kappa shape index (κ3) is 4.04. The van der Waals surface area contributed by atoms with Gasteiger partial charge >= 0.3 is 0 Å². The number of nitrogen functional groups attached to an aromatic ring is 1. The molecule has 0 unspecified atom stereocenters. The Morgan fingerprint density at radius 3 is 2.75 bits per heavy atom. The quantitative estimate of drug-likeness (QED) is 0.301. The van der Waals surface area contributed by atoms with E-state index in [1.165, 1.54) is 25.0 Å². The van der Waals surface area contributed by atoms with Crippen LogP contribution in [0.5, 0.6) is 0 Å². The molecule has 0 atom stereocenters. The minimum absolute atomic E-state index is 0.0628. The number of hydrazine groups is 1. The maximum Gasteiger partial charge on any atom is 0.276 e. The van der Waals surface area contributed by atoms with Gasteiger partial charge in [0, 0.05) is 6.54 Å². The number of nitrogens with one attached hydrogen (secondary N) is 2. The average molecular weight is 281 g/mol. The van der Waals surface area contributed by atoms with Gasteiger partial charge in [-0.2, -0.15) is 0 Å². The highest BCUT2D eigenvalue weighted by atomic mass is 16.6. The Kier molecular flexibility index (Phi) is 5.08. The fourth-order valence-electron chi connectivity index (χ4n) is 2.25. The molecule has 1 heterocycles. The van der Waals surface area contributed by atoms with Crippen LogP contribution in [0.3, 0.4) is 0 Å². The highest BCUT2D eigenvalue weighted by molar-refractivity contribution is 5.54. The van der Waals surface area contributed by atoms with Crippen molar-refractivity contribution in [2.45, 2.75) is 31.8 Å². The molecule has 1 aliphatic rings. The van der Waals surface area contributed by atoms with Crippen LogP contribution < -0.4 is 16.6 Å². The first kappa shape index (κ1) is 14.5. The van der Waals surface area contributed by atoms with E-state index in [2.05, 4.69) is 15.7 Å². The van der Waals surface area contributed by atoms with E-state index >= 15 is 0 Å². The summed E-state index contributed by atoms with van der Waals surface area (Å²) in [7, 11) is 0. The van der Waals surface area contributed by atoms with Crippen LogP contribution in [0.25, 0.3) is 0 Å². The van der Waals surface area contributed by atoms with E-state index in [9.17, 15) is 10.1 Å². The van der Waals surface area contributed by atoms with Crippen LogP contribution in [-0.2, 0) is 4.74 Å². The largest absolute Gasteiger partial charge is 0.376 e. The van der Waals surface area contributed by atoms with Gasteiger partial charge in [0.1, 0.15) is 11.6 Å². The van der Waals surface area contributed by atoms with E-state index < -0.39 is 4.92 Å². The third-order valence-corrected chi connectivity index (χ3v) is 3.23. The molecule has 0 bridgehead atoms. The topological polar surface area (TPSA) is 115 Å². The van der Waals surface area contributed by atoms with E-state index in [0.717, 1.165) is 12.8 Å². The number of nitrogens with zero attached hydrogens (tertiary/aromatic N) is 2. The van der Waals surface area contributed by atoms with Crippen molar-refractivity contribution in [3.05, 3.63) is 22.2 Å². The summed E-state index contributed by atoms with van der Waals surface area (Å²) in [6, 6.07) is 2.65. The average Bonchev–Trinajstić information content (AvgIpc) is 2.96. The number of hydrogen-bond acceptors (Lipinski definition) is 7. The van der Waals surface area contributed by atoms with Crippen LogP contribution in [0, 0.1) is 10.1 Å². The Bertz CT molecular complexity index is 462. The molecule has 0 amide bonds. The van der Waals surface area contributed by atoms with Gasteiger partial charge in [-0.05, 0) is 12.8 Å². The van der Waals surface area contributed by atoms with Crippen molar-refractivity contribution in [1.82, 2.24) is 4.98 Å². The number of nitrogens with two attached hydrogens (primary N) is 1. The normalized spacial score (nSPS) is 15.2. The molecule has 0 spiro atoms. The zero-order chi connectivity index (χ0) is 14.4. The van der Waals surface area contributed by atoms with Crippen LogP contribution in [0.4, 0.5) is 17.3 Å². The molecule has 1 aromatic rings. The number of nitro groups is 1. The standard InChI is InChI=1S/C12H19N5O3/c13-16-12-8-9(17(18)19)7-11(15-12)14-5-6-20-10-3-1-2-4-10/h7-8,10H,1-6,13H2,(H2,14,15,16). The summed E-state index contributed by atoms with van der Waals surface area (Å²) < 4.78 is 5.69. The summed E-state index contributed by atoms with van der Waals surface area (Å²) in [5, 5.41) is 13.8. The molecule has 0 saturated heterocycles. The lowest BCUT2D eigenvalue weighted by molar-refractivity contribution is -0.384. The van der Waals surface area contributed by atoms with Gasteiger partial charge < -0.3 is 15.5 Å². The number of aromatic nitrogens is 1. The van der Waals surface area contributed by atoms with E-state index in [4.69, 9.17) is 10.6 Å². The Labute approximate surface area is 116 Å². The maximum absolute atomic E-state index is 10.8. The first-order valence-corrected chi connectivity index (χ1v) is 6.67. The number of rotatable bonds is 7. The molecule has 20 heavy (non-hydrogen) atoms. The molecule has 0 radical (unpaired) electrons. The maximum atomic E-state index is 10.8. The smallest absolute Gasteiger partial charge is 0.276 e. The molecule has 1 aromatic heterocycles. The van der Waals surface area contributed by atoms with Crippen molar-refractivity contribution in [3.63, 3.8) is 0 Å². The second-order valence-electron chi connectivity index (χ2n) is 4.70. The van der Waals surface area contributed by atoms with Crippen LogP contribution in [-0.4, -0.2) is 29.2 Å². The highest BCUT2D eigenvalue weighted by Gasteiger charge is 2.15. The summed E-state index contributed by atoms with van der Waals surface area (Å²) >= 11 is 0. The zero-order valence-electron chi connectivity index (χ0n) is 11.2. The second kappa shape index (κ2) is 7.01. The fraction of sp³-hybridized carbons (Fsp3) is 0.583. The minimum Gasteiger partial charge on any atom is -0.376 e. The summed E-state index contributed by atoms with van der Waals surface area (Å²) in [4.78, 5) is 14.4. The highest BCUT2D eigenvalue weighted by Crippen LogP contribution is 2.21. The van der Waals surface area contributed by atoms with Crippen molar-refractivity contribution in [2.24, 2.45) is 5.84 Å². The molecule has 1 fully saturated rings. The van der Waals surface area contributed by atoms with Crippen LogP contribution in [0.1, 0.15) is 25.7 Å². The Morgan fingerprint density at radius 1 is 1.40 bits per heavy atom. The van der Waals surface area contributed by atoms with Gasteiger partial charge in [0.2, 0.25) is 0 Å². The van der Waals surface area contributed by atoms with E-state index in [0.29, 0.717) is 25.1 Å². The molecule has 1 saturated carbocycles. The number of anilines is 2. The Morgan fingerprint density at radius 2 is 2.10 bits per heavy atom. The predicted molar refractivity (Wildman–Crippen MR) is 75.4 cm³/mol. The van der Waals surface area contributed by atoms with Gasteiger partial charge in [-0.3, -0.25) is 10.1 Å². The van der Waals surface area contributed by atoms with Crippen LogP contribution in [0.2, 0.25) is 0 Å². The van der Waals surface area contributed by atoms with Crippen LogP contribution in [0.15, 0.2) is 12.1 Å². The van der Waals surface area contributed by atoms with Crippen molar-refractivity contribution in [2.75, 3.05) is 23.9 Å². The predicted octanol–water partition coefficient (Wildman–Crippen LogP) is 1.65. The number of hydrogen-bond donors (Lipinski definition) is 3. The molecule has 1 aliphatic carbocycles. The van der Waals surface area contributed by atoms with Gasteiger partial charge in [-0.15, -0.1) is 0 Å². The van der Waals surface area contributed by atoms with Crippen LogP contribution >= 0.6 is 0 Å². The van der Waals surface area contributed by atoms with E-state index in [1.54, 1.807) is 0 Å². The number of pyridine rings is 1.